The van der Waals surface area contributed by atoms with Crippen molar-refractivity contribution in [1.29, 1.82) is 10.8 Å². The van der Waals surface area contributed by atoms with Gasteiger partial charge in [0.1, 0.15) is 17.0 Å². The van der Waals surface area contributed by atoms with E-state index in [1.165, 1.54) is 53.5 Å². The van der Waals surface area contributed by atoms with Crippen molar-refractivity contribution < 1.29 is 22.6 Å². The fourth-order valence-electron chi connectivity index (χ4n) is 2.26. The third-order valence-electron chi connectivity index (χ3n) is 3.45. The minimum absolute atomic E-state index is 0.00910. The molecule has 27 heavy (non-hydrogen) atoms. The highest BCUT2D eigenvalue weighted by molar-refractivity contribution is 5.77. The SMILES string of the molecule is N=C(Oc1ccncc1)n1cc(-c2ccc(OC(F)(F)F)cc2)ccc1=N. The minimum atomic E-state index is -4.75. The van der Waals surface area contributed by atoms with Crippen molar-refractivity contribution in [3.63, 3.8) is 0 Å². The second-order valence-corrected chi connectivity index (χ2v) is 5.34. The molecule has 2 N–H and O–H groups in total. The number of ether oxygens (including phenoxy) is 2. The highest BCUT2D eigenvalue weighted by atomic mass is 19.4. The topological polar surface area (TPSA) is 84.0 Å². The number of rotatable bonds is 3. The second kappa shape index (κ2) is 7.32. The van der Waals surface area contributed by atoms with Gasteiger partial charge in [0.05, 0.1) is 0 Å². The van der Waals surface area contributed by atoms with E-state index in [2.05, 4.69) is 9.72 Å². The molecule has 0 atom stereocenters. The van der Waals surface area contributed by atoms with E-state index in [0.717, 1.165) is 0 Å². The summed E-state index contributed by atoms with van der Waals surface area (Å²) in [5.41, 5.74) is 1.19. The van der Waals surface area contributed by atoms with E-state index in [4.69, 9.17) is 15.6 Å². The molecule has 3 aromatic rings. The molecule has 0 bridgehead atoms. The molecule has 0 spiro atoms. The van der Waals surface area contributed by atoms with Gasteiger partial charge in [-0.25, -0.2) is 0 Å². The van der Waals surface area contributed by atoms with Crippen molar-refractivity contribution in [3.8, 4) is 22.6 Å². The van der Waals surface area contributed by atoms with E-state index >= 15 is 0 Å². The Labute approximate surface area is 151 Å². The lowest BCUT2D eigenvalue weighted by atomic mass is 10.1. The van der Waals surface area contributed by atoms with Gasteiger partial charge in [-0.1, -0.05) is 12.1 Å². The van der Waals surface area contributed by atoms with Crippen LogP contribution in [0.2, 0.25) is 0 Å². The monoisotopic (exact) mass is 374 g/mol. The summed E-state index contributed by atoms with van der Waals surface area (Å²) >= 11 is 0. The molecule has 9 heteroatoms. The second-order valence-electron chi connectivity index (χ2n) is 5.34. The molecule has 6 nitrogen and oxygen atoms in total. The van der Waals surface area contributed by atoms with Crippen LogP contribution in [0, 0.1) is 10.8 Å². The predicted molar refractivity (Wildman–Crippen MR) is 90.4 cm³/mol. The first-order chi connectivity index (χ1) is 12.8. The first-order valence-electron chi connectivity index (χ1n) is 7.62. The van der Waals surface area contributed by atoms with Crippen molar-refractivity contribution >= 4 is 6.02 Å². The van der Waals surface area contributed by atoms with Crippen LogP contribution in [0.3, 0.4) is 0 Å². The Hall–Kier alpha value is -3.62. The van der Waals surface area contributed by atoms with Crippen LogP contribution in [0.4, 0.5) is 13.2 Å². The summed E-state index contributed by atoms with van der Waals surface area (Å²) in [5.74, 6) is 0.0611. The number of nitrogens with zero attached hydrogens (tertiary/aromatic N) is 2. The molecule has 138 valence electrons. The normalized spacial score (nSPS) is 11.1. The van der Waals surface area contributed by atoms with Crippen LogP contribution in [-0.4, -0.2) is 21.9 Å². The zero-order valence-corrected chi connectivity index (χ0v) is 13.7. The largest absolute Gasteiger partial charge is 0.573 e. The third kappa shape index (κ3) is 4.72. The van der Waals surface area contributed by atoms with E-state index in [-0.39, 0.29) is 17.3 Å². The van der Waals surface area contributed by atoms with E-state index in [1.807, 2.05) is 0 Å². The number of hydrogen-bond donors (Lipinski definition) is 2. The molecular weight excluding hydrogens is 361 g/mol. The van der Waals surface area contributed by atoms with Gasteiger partial charge in [-0.3, -0.25) is 20.4 Å². The molecule has 0 aliphatic rings. The number of halogens is 3. The first kappa shape index (κ1) is 18.2. The Bertz CT molecular complexity index is 1000. The fourth-order valence-corrected chi connectivity index (χ4v) is 2.26. The molecule has 0 fully saturated rings. The lowest BCUT2D eigenvalue weighted by molar-refractivity contribution is -0.274. The maximum Gasteiger partial charge on any atom is 0.573 e. The molecule has 0 saturated heterocycles. The van der Waals surface area contributed by atoms with Gasteiger partial charge in [0.25, 0.3) is 6.02 Å². The van der Waals surface area contributed by atoms with Crippen LogP contribution < -0.4 is 15.0 Å². The maximum atomic E-state index is 12.2. The smallest absolute Gasteiger partial charge is 0.426 e. The quantitative estimate of drug-likeness (QED) is 0.540. The molecule has 2 aromatic heterocycles. The molecular formula is C18H13F3N4O2. The summed E-state index contributed by atoms with van der Waals surface area (Å²) in [7, 11) is 0. The standard InChI is InChI=1S/C18H13F3N4O2/c19-18(20,21)27-15-4-1-12(2-5-15)13-3-6-16(22)25(11-13)17(23)26-14-7-9-24-10-8-14/h1-11,22-23H. The van der Waals surface area contributed by atoms with Gasteiger partial charge in [-0.05, 0) is 47.5 Å². The lowest BCUT2D eigenvalue weighted by Crippen LogP contribution is -2.29. The number of benzene rings is 1. The average Bonchev–Trinajstić information content (AvgIpc) is 2.62. The summed E-state index contributed by atoms with van der Waals surface area (Å²) in [6, 6.07) is 11.2. The van der Waals surface area contributed by atoms with Crippen molar-refractivity contribution in [3.05, 3.63) is 72.6 Å². The number of nitrogens with one attached hydrogen (secondary N) is 2. The molecule has 3 rings (SSSR count). The summed E-state index contributed by atoms with van der Waals surface area (Å²) in [6.07, 6.45) is -0.242. The number of alkyl halides is 3. The van der Waals surface area contributed by atoms with Crippen LogP contribution in [0.15, 0.2) is 67.1 Å². The van der Waals surface area contributed by atoms with Gasteiger partial charge >= 0.3 is 6.36 Å². The van der Waals surface area contributed by atoms with E-state index < -0.39 is 6.36 Å². The molecule has 0 amide bonds. The minimum Gasteiger partial charge on any atom is -0.426 e. The molecule has 0 unspecified atom stereocenters. The molecule has 0 aliphatic carbocycles. The van der Waals surface area contributed by atoms with Gasteiger partial charge in [0, 0.05) is 18.6 Å². The van der Waals surface area contributed by atoms with Gasteiger partial charge in [0.2, 0.25) is 0 Å². The first-order valence-corrected chi connectivity index (χ1v) is 7.62. The van der Waals surface area contributed by atoms with E-state index in [9.17, 15) is 13.2 Å². The average molecular weight is 374 g/mol. The number of pyridine rings is 2. The van der Waals surface area contributed by atoms with Crippen LogP contribution >= 0.6 is 0 Å². The van der Waals surface area contributed by atoms with Gasteiger partial charge in [-0.2, -0.15) is 0 Å². The molecule has 2 heterocycles. The summed E-state index contributed by atoms with van der Waals surface area (Å²) in [6.45, 7) is 0. The van der Waals surface area contributed by atoms with E-state index in [1.54, 1.807) is 18.2 Å². The Morgan fingerprint density at radius 1 is 0.889 bits per heavy atom. The lowest BCUT2D eigenvalue weighted by Gasteiger charge is -2.12. The van der Waals surface area contributed by atoms with Gasteiger partial charge < -0.3 is 9.47 Å². The van der Waals surface area contributed by atoms with Gasteiger partial charge in [-0.15, -0.1) is 13.2 Å². The molecule has 1 aromatic carbocycles. The van der Waals surface area contributed by atoms with Crippen molar-refractivity contribution in [2.45, 2.75) is 6.36 Å². The van der Waals surface area contributed by atoms with Crippen molar-refractivity contribution in [2.75, 3.05) is 0 Å². The zero-order chi connectivity index (χ0) is 19.4. The Morgan fingerprint density at radius 2 is 1.52 bits per heavy atom. The van der Waals surface area contributed by atoms with Gasteiger partial charge in [0.15, 0.2) is 0 Å². The summed E-state index contributed by atoms with van der Waals surface area (Å²) in [4.78, 5) is 3.85. The Morgan fingerprint density at radius 3 is 2.15 bits per heavy atom. The molecule has 0 saturated carbocycles. The van der Waals surface area contributed by atoms with Crippen LogP contribution in [-0.2, 0) is 0 Å². The van der Waals surface area contributed by atoms with Crippen LogP contribution in [0.1, 0.15) is 0 Å². The molecule has 0 aliphatic heterocycles. The van der Waals surface area contributed by atoms with Crippen LogP contribution in [0.25, 0.3) is 11.1 Å². The third-order valence-corrected chi connectivity index (χ3v) is 3.45. The highest BCUT2D eigenvalue weighted by Crippen LogP contribution is 2.26. The summed E-state index contributed by atoms with van der Waals surface area (Å²) in [5, 5.41) is 16.0. The highest BCUT2D eigenvalue weighted by Gasteiger charge is 2.30. The van der Waals surface area contributed by atoms with Crippen LogP contribution in [0.5, 0.6) is 11.5 Å². The molecule has 0 radical (unpaired) electrons. The maximum absolute atomic E-state index is 12.2. The number of hydrogen-bond acceptors (Lipinski definition) is 5. The fraction of sp³-hybridized carbons (Fsp3) is 0.0556. The van der Waals surface area contributed by atoms with Crippen molar-refractivity contribution in [1.82, 2.24) is 9.55 Å². The van der Waals surface area contributed by atoms with Crippen molar-refractivity contribution in [2.24, 2.45) is 0 Å². The summed E-state index contributed by atoms with van der Waals surface area (Å²) < 4.78 is 47.2. The Kier molecular flexibility index (Phi) is 4.93. The predicted octanol–water partition coefficient (Wildman–Crippen LogP) is 3.79. The Balaban J connectivity index is 1.84. The van der Waals surface area contributed by atoms with E-state index in [0.29, 0.717) is 16.9 Å². The zero-order valence-electron chi connectivity index (χ0n) is 13.7. The number of aromatic nitrogens is 2.